The van der Waals surface area contributed by atoms with E-state index in [2.05, 4.69) is 10.3 Å². The summed E-state index contributed by atoms with van der Waals surface area (Å²) in [5.74, 6) is 0.609. The number of amides is 2. The first-order valence-corrected chi connectivity index (χ1v) is 10.2. The number of aromatic nitrogens is 1. The third-order valence-electron chi connectivity index (χ3n) is 5.77. The van der Waals surface area contributed by atoms with Crippen molar-refractivity contribution in [2.24, 2.45) is 0 Å². The summed E-state index contributed by atoms with van der Waals surface area (Å²) >= 11 is 0. The first-order chi connectivity index (χ1) is 14.7. The van der Waals surface area contributed by atoms with Crippen molar-refractivity contribution < 1.29 is 13.9 Å². The van der Waals surface area contributed by atoms with Gasteiger partial charge >= 0.3 is 6.03 Å². The summed E-state index contributed by atoms with van der Waals surface area (Å²) in [4.78, 5) is 19.4. The number of fused-ring (bicyclic) bond motifs is 3. The van der Waals surface area contributed by atoms with E-state index in [0.29, 0.717) is 18.0 Å². The second-order valence-corrected chi connectivity index (χ2v) is 7.57. The van der Waals surface area contributed by atoms with Gasteiger partial charge in [0.2, 0.25) is 0 Å². The molecule has 1 saturated heterocycles. The number of likely N-dealkylation sites (tertiary alicyclic amines) is 1. The molecule has 3 heterocycles. The maximum atomic E-state index is 13.2. The normalized spacial score (nSPS) is 16.7. The molecule has 1 atom stereocenters. The molecule has 1 aliphatic heterocycles. The molecule has 1 aliphatic rings. The average Bonchev–Trinajstić information content (AvgIpc) is 3.16. The van der Waals surface area contributed by atoms with E-state index in [1.807, 2.05) is 59.6 Å². The maximum Gasteiger partial charge on any atom is 0.322 e. The Morgan fingerprint density at radius 3 is 2.87 bits per heavy atom. The van der Waals surface area contributed by atoms with E-state index >= 15 is 0 Å². The van der Waals surface area contributed by atoms with Gasteiger partial charge in [-0.1, -0.05) is 24.3 Å². The van der Waals surface area contributed by atoms with Crippen LogP contribution in [0.4, 0.5) is 10.5 Å². The van der Waals surface area contributed by atoms with E-state index in [1.165, 1.54) is 0 Å². The molecule has 0 radical (unpaired) electrons. The Balaban J connectivity index is 1.48. The number of furan rings is 1. The van der Waals surface area contributed by atoms with Crippen LogP contribution in [0, 0.1) is 0 Å². The minimum atomic E-state index is -0.141. The second kappa shape index (κ2) is 7.71. The number of carbonyl (C=O) groups excluding carboxylic acids is 1. The number of carbonyl (C=O) groups is 1. The van der Waals surface area contributed by atoms with Crippen LogP contribution in [0.25, 0.3) is 21.9 Å². The molecule has 1 fully saturated rings. The summed E-state index contributed by atoms with van der Waals surface area (Å²) in [6, 6.07) is 15.5. The van der Waals surface area contributed by atoms with E-state index in [-0.39, 0.29) is 12.1 Å². The van der Waals surface area contributed by atoms with Gasteiger partial charge in [0.25, 0.3) is 0 Å². The van der Waals surface area contributed by atoms with Crippen LogP contribution in [0.3, 0.4) is 0 Å². The van der Waals surface area contributed by atoms with E-state index in [9.17, 15) is 4.79 Å². The lowest BCUT2D eigenvalue weighted by Gasteiger charge is -2.36. The number of anilines is 1. The van der Waals surface area contributed by atoms with Crippen molar-refractivity contribution in [2.45, 2.75) is 25.3 Å². The van der Waals surface area contributed by atoms with Crippen LogP contribution in [0.2, 0.25) is 0 Å². The van der Waals surface area contributed by atoms with Crippen LogP contribution < -0.4 is 10.1 Å². The second-order valence-electron chi connectivity index (χ2n) is 7.57. The van der Waals surface area contributed by atoms with Gasteiger partial charge in [0, 0.05) is 35.8 Å². The Hall–Kier alpha value is -3.54. The van der Waals surface area contributed by atoms with E-state index in [4.69, 9.17) is 9.15 Å². The molecule has 0 aliphatic carbocycles. The van der Waals surface area contributed by atoms with Gasteiger partial charge in [-0.3, -0.25) is 4.98 Å². The van der Waals surface area contributed by atoms with Gasteiger partial charge in [0.05, 0.1) is 18.8 Å². The lowest BCUT2D eigenvalue weighted by molar-refractivity contribution is 0.163. The fourth-order valence-corrected chi connectivity index (χ4v) is 4.30. The quantitative estimate of drug-likeness (QED) is 0.475. The number of benzene rings is 2. The molecule has 1 N–H and O–H groups in total. The topological polar surface area (TPSA) is 67.6 Å². The fraction of sp³-hybridized carbons (Fsp3) is 0.250. The first kappa shape index (κ1) is 18.5. The van der Waals surface area contributed by atoms with Crippen LogP contribution in [0.1, 0.15) is 30.9 Å². The number of nitrogens with zero attached hydrogens (tertiary/aromatic N) is 2. The molecular weight excluding hydrogens is 378 g/mol. The zero-order chi connectivity index (χ0) is 20.5. The third kappa shape index (κ3) is 3.24. The number of nitrogens with one attached hydrogen (secondary N) is 1. The maximum absolute atomic E-state index is 13.2. The van der Waals surface area contributed by atoms with Crippen molar-refractivity contribution in [3.05, 3.63) is 66.5 Å². The molecule has 6 nitrogen and oxygen atoms in total. The van der Waals surface area contributed by atoms with Crippen molar-refractivity contribution >= 4 is 33.7 Å². The van der Waals surface area contributed by atoms with E-state index in [0.717, 1.165) is 46.8 Å². The lowest BCUT2D eigenvalue weighted by Crippen LogP contribution is -2.41. The monoisotopic (exact) mass is 401 g/mol. The smallest absolute Gasteiger partial charge is 0.322 e. The number of rotatable bonds is 3. The number of para-hydroxylation sites is 1. The molecule has 4 aromatic rings. The molecular formula is C24H23N3O3. The van der Waals surface area contributed by atoms with Crippen molar-refractivity contribution in [1.82, 2.24) is 9.88 Å². The number of urea groups is 1. The number of hydrogen-bond donors (Lipinski definition) is 1. The molecule has 2 aromatic heterocycles. The molecule has 152 valence electrons. The minimum Gasteiger partial charge on any atom is -0.495 e. The summed E-state index contributed by atoms with van der Waals surface area (Å²) in [6.07, 6.45) is 6.61. The Morgan fingerprint density at radius 1 is 1.13 bits per heavy atom. The van der Waals surface area contributed by atoms with Gasteiger partial charge in [0.15, 0.2) is 0 Å². The van der Waals surface area contributed by atoms with Crippen molar-refractivity contribution in [3.63, 3.8) is 0 Å². The standard InChI is InChI=1S/C24H23N3O3/c1-29-23-13-18-17-8-2-3-10-21(17)30-22(18)14-19(23)26-24(28)27-12-5-4-9-20(27)16-7-6-11-25-15-16/h2-3,6-8,10-11,13-15,20H,4-5,9,12H2,1H3,(H,26,28)/t20-/m1/s1. The summed E-state index contributed by atoms with van der Waals surface area (Å²) in [7, 11) is 1.61. The lowest BCUT2D eigenvalue weighted by atomic mass is 9.97. The highest BCUT2D eigenvalue weighted by atomic mass is 16.5. The Morgan fingerprint density at radius 2 is 2.03 bits per heavy atom. The van der Waals surface area contributed by atoms with Gasteiger partial charge in [-0.15, -0.1) is 0 Å². The highest BCUT2D eigenvalue weighted by molar-refractivity contribution is 6.07. The SMILES string of the molecule is COc1cc2c(cc1NC(=O)N1CCCC[C@@H]1c1cccnc1)oc1ccccc12. The largest absolute Gasteiger partial charge is 0.495 e. The molecule has 30 heavy (non-hydrogen) atoms. The zero-order valence-electron chi connectivity index (χ0n) is 16.8. The van der Waals surface area contributed by atoms with Crippen LogP contribution in [-0.4, -0.2) is 29.6 Å². The average molecular weight is 401 g/mol. The fourth-order valence-electron chi connectivity index (χ4n) is 4.30. The predicted molar refractivity (Wildman–Crippen MR) is 117 cm³/mol. The van der Waals surface area contributed by atoms with Crippen LogP contribution in [0.5, 0.6) is 5.75 Å². The van der Waals surface area contributed by atoms with Gasteiger partial charge in [-0.2, -0.15) is 0 Å². The summed E-state index contributed by atoms with van der Waals surface area (Å²) < 4.78 is 11.6. The number of hydrogen-bond acceptors (Lipinski definition) is 4. The van der Waals surface area contributed by atoms with Crippen LogP contribution in [0.15, 0.2) is 65.3 Å². The minimum absolute atomic E-state index is 0.0216. The van der Waals surface area contributed by atoms with E-state index in [1.54, 1.807) is 13.3 Å². The molecule has 0 spiro atoms. The zero-order valence-corrected chi connectivity index (χ0v) is 16.8. The molecule has 2 amide bonds. The van der Waals surface area contributed by atoms with Crippen molar-refractivity contribution in [1.29, 1.82) is 0 Å². The van der Waals surface area contributed by atoms with Gasteiger partial charge < -0.3 is 19.4 Å². The molecule has 0 unspecified atom stereocenters. The summed E-state index contributed by atoms with van der Waals surface area (Å²) in [6.45, 7) is 0.709. The van der Waals surface area contributed by atoms with Crippen LogP contribution >= 0.6 is 0 Å². The predicted octanol–water partition coefficient (Wildman–Crippen LogP) is 5.75. The number of ether oxygens (including phenoxy) is 1. The molecule has 5 rings (SSSR count). The summed E-state index contributed by atoms with van der Waals surface area (Å²) in [5.41, 5.74) is 3.19. The molecule has 0 saturated carbocycles. The number of pyridine rings is 1. The van der Waals surface area contributed by atoms with Gasteiger partial charge in [0.1, 0.15) is 16.9 Å². The Labute approximate surface area is 174 Å². The first-order valence-electron chi connectivity index (χ1n) is 10.2. The Bertz CT molecular complexity index is 1200. The van der Waals surface area contributed by atoms with Gasteiger partial charge in [-0.25, -0.2) is 4.79 Å². The molecule has 2 aromatic carbocycles. The molecule has 6 heteroatoms. The summed E-state index contributed by atoms with van der Waals surface area (Å²) in [5, 5.41) is 5.04. The van der Waals surface area contributed by atoms with Gasteiger partial charge in [-0.05, 0) is 43.0 Å². The van der Waals surface area contributed by atoms with E-state index < -0.39 is 0 Å². The van der Waals surface area contributed by atoms with Crippen molar-refractivity contribution in [2.75, 3.05) is 19.0 Å². The number of piperidine rings is 1. The highest BCUT2D eigenvalue weighted by Crippen LogP contribution is 2.37. The van der Waals surface area contributed by atoms with Crippen molar-refractivity contribution in [3.8, 4) is 5.75 Å². The Kier molecular flexibility index (Phi) is 4.75. The third-order valence-corrected chi connectivity index (χ3v) is 5.77. The van der Waals surface area contributed by atoms with Crippen LogP contribution in [-0.2, 0) is 0 Å². The number of methoxy groups -OCH3 is 1. The highest BCUT2D eigenvalue weighted by Gasteiger charge is 2.29. The molecule has 0 bridgehead atoms.